The molecule has 0 aromatic carbocycles. The smallest absolute Gasteiger partial charge is 0.138 e. The van der Waals surface area contributed by atoms with Crippen LogP contribution in [-0.4, -0.2) is 16.2 Å². The quantitative estimate of drug-likeness (QED) is 0.750. The van der Waals surface area contributed by atoms with Gasteiger partial charge in [-0.25, -0.2) is 9.97 Å². The summed E-state index contributed by atoms with van der Waals surface area (Å²) in [4.78, 5) is 8.91. The molecule has 78 valence electrons. The number of thioether (sulfide) groups is 1. The van der Waals surface area contributed by atoms with Crippen LogP contribution in [0.1, 0.15) is 37.9 Å². The van der Waals surface area contributed by atoms with Crippen molar-refractivity contribution in [1.29, 1.82) is 0 Å². The van der Waals surface area contributed by atoms with Crippen molar-refractivity contribution in [2.75, 3.05) is 6.26 Å². The number of hydrogen-bond donors (Lipinski definition) is 0. The zero-order valence-corrected chi connectivity index (χ0v) is 10.4. The van der Waals surface area contributed by atoms with E-state index in [4.69, 9.17) is 0 Å². The molecule has 1 aromatic rings. The van der Waals surface area contributed by atoms with E-state index in [9.17, 15) is 0 Å². The second-order valence-electron chi connectivity index (χ2n) is 4.50. The minimum absolute atomic E-state index is 0.111. The molecular weight excluding hydrogens is 192 g/mol. The summed E-state index contributed by atoms with van der Waals surface area (Å²) in [6.07, 6.45) is 4.00. The maximum Gasteiger partial charge on any atom is 0.138 e. The molecular formula is C11H18N2S. The van der Waals surface area contributed by atoms with E-state index in [-0.39, 0.29) is 5.41 Å². The number of aromatic nitrogens is 2. The average Bonchev–Trinajstić information content (AvgIpc) is 2.07. The van der Waals surface area contributed by atoms with Gasteiger partial charge in [0, 0.05) is 11.6 Å². The maximum atomic E-state index is 4.60. The van der Waals surface area contributed by atoms with Crippen LogP contribution in [0.4, 0.5) is 0 Å². The van der Waals surface area contributed by atoms with E-state index in [1.54, 1.807) is 11.8 Å². The lowest BCUT2D eigenvalue weighted by atomic mass is 9.89. The molecule has 1 heterocycles. The van der Waals surface area contributed by atoms with Gasteiger partial charge in [0.2, 0.25) is 0 Å². The Hall–Kier alpha value is -0.570. The molecule has 0 aliphatic heterocycles. The van der Waals surface area contributed by atoms with E-state index in [0.717, 1.165) is 17.3 Å². The maximum absolute atomic E-state index is 4.60. The first kappa shape index (κ1) is 11.5. The molecule has 1 aromatic heterocycles. The fourth-order valence-corrected chi connectivity index (χ4v) is 1.83. The number of nitrogens with zero attached hydrogens (tertiary/aromatic N) is 2. The van der Waals surface area contributed by atoms with Gasteiger partial charge in [-0.15, -0.1) is 0 Å². The van der Waals surface area contributed by atoms with Gasteiger partial charge < -0.3 is 0 Å². The van der Waals surface area contributed by atoms with Crippen molar-refractivity contribution in [2.45, 2.75) is 38.9 Å². The Labute approximate surface area is 90.5 Å². The van der Waals surface area contributed by atoms with Gasteiger partial charge in [-0.05, 0) is 18.7 Å². The van der Waals surface area contributed by atoms with E-state index in [1.165, 1.54) is 5.56 Å². The Kier molecular flexibility index (Phi) is 3.53. The largest absolute Gasteiger partial charge is 0.240 e. The second-order valence-corrected chi connectivity index (χ2v) is 5.37. The van der Waals surface area contributed by atoms with Crippen molar-refractivity contribution in [3.63, 3.8) is 0 Å². The average molecular weight is 210 g/mol. The molecule has 0 spiro atoms. The molecule has 0 fully saturated rings. The van der Waals surface area contributed by atoms with Crippen molar-refractivity contribution >= 4 is 11.8 Å². The van der Waals surface area contributed by atoms with Crippen molar-refractivity contribution in [2.24, 2.45) is 0 Å². The van der Waals surface area contributed by atoms with E-state index >= 15 is 0 Å². The zero-order chi connectivity index (χ0) is 10.8. The van der Waals surface area contributed by atoms with Crippen LogP contribution in [0.2, 0.25) is 0 Å². The van der Waals surface area contributed by atoms with Crippen LogP contribution in [-0.2, 0) is 11.2 Å². The summed E-state index contributed by atoms with van der Waals surface area (Å²) in [6.45, 7) is 8.63. The van der Waals surface area contributed by atoms with Crippen molar-refractivity contribution in [3.8, 4) is 0 Å². The summed E-state index contributed by atoms with van der Waals surface area (Å²) in [5, 5.41) is 0. The summed E-state index contributed by atoms with van der Waals surface area (Å²) < 4.78 is 0. The number of rotatable bonds is 2. The van der Waals surface area contributed by atoms with Crippen molar-refractivity contribution in [1.82, 2.24) is 9.97 Å². The predicted octanol–water partition coefficient (Wildman–Crippen LogP) is 2.95. The highest BCUT2D eigenvalue weighted by atomic mass is 32.2. The molecule has 0 amide bonds. The van der Waals surface area contributed by atoms with Crippen LogP contribution in [0, 0.1) is 6.92 Å². The molecule has 1 rings (SSSR count). The molecule has 0 aliphatic carbocycles. The number of hydrogen-bond acceptors (Lipinski definition) is 3. The highest BCUT2D eigenvalue weighted by molar-refractivity contribution is 7.97. The Morgan fingerprint density at radius 1 is 1.36 bits per heavy atom. The van der Waals surface area contributed by atoms with Gasteiger partial charge in [0.25, 0.3) is 0 Å². The van der Waals surface area contributed by atoms with Gasteiger partial charge in [-0.2, -0.15) is 11.8 Å². The van der Waals surface area contributed by atoms with Crippen molar-refractivity contribution < 1.29 is 0 Å². The highest BCUT2D eigenvalue weighted by Gasteiger charge is 2.18. The predicted molar refractivity (Wildman–Crippen MR) is 62.7 cm³/mol. The van der Waals surface area contributed by atoms with Gasteiger partial charge in [0.05, 0.1) is 11.4 Å². The lowest BCUT2D eigenvalue weighted by Gasteiger charge is -2.20. The molecule has 3 heteroatoms. The Bertz CT molecular complexity index is 316. The fourth-order valence-electron chi connectivity index (χ4n) is 1.44. The van der Waals surface area contributed by atoms with Crippen LogP contribution >= 0.6 is 11.8 Å². The third-order valence-corrected chi connectivity index (χ3v) is 2.55. The summed E-state index contributed by atoms with van der Waals surface area (Å²) in [6, 6.07) is 0. The molecule has 0 saturated heterocycles. The molecule has 0 saturated carbocycles. The van der Waals surface area contributed by atoms with Gasteiger partial charge in [0.1, 0.15) is 5.82 Å². The zero-order valence-electron chi connectivity index (χ0n) is 9.59. The third kappa shape index (κ3) is 2.71. The molecule has 0 bridgehead atoms. The van der Waals surface area contributed by atoms with Gasteiger partial charge >= 0.3 is 0 Å². The lowest BCUT2D eigenvalue weighted by molar-refractivity contribution is 0.559. The minimum Gasteiger partial charge on any atom is -0.240 e. The van der Waals surface area contributed by atoms with Gasteiger partial charge in [-0.3, -0.25) is 0 Å². The summed E-state index contributed by atoms with van der Waals surface area (Å²) >= 11 is 1.75. The van der Waals surface area contributed by atoms with E-state index in [2.05, 4.69) is 43.9 Å². The Morgan fingerprint density at radius 2 is 2.00 bits per heavy atom. The van der Waals surface area contributed by atoms with Gasteiger partial charge in [-0.1, -0.05) is 20.8 Å². The van der Waals surface area contributed by atoms with Gasteiger partial charge in [0.15, 0.2) is 0 Å². The Morgan fingerprint density at radius 3 is 2.50 bits per heavy atom. The van der Waals surface area contributed by atoms with Crippen LogP contribution in [0.3, 0.4) is 0 Å². The summed E-state index contributed by atoms with van der Waals surface area (Å²) in [5.41, 5.74) is 2.46. The Balaban J connectivity index is 3.09. The monoisotopic (exact) mass is 210 g/mol. The van der Waals surface area contributed by atoms with Crippen LogP contribution in [0.15, 0.2) is 6.20 Å². The fraction of sp³-hybridized carbons (Fsp3) is 0.636. The standard InChI is InChI=1S/C11H18N2S/c1-8-6-12-9(7-14-5)13-10(8)11(2,3)4/h6H,7H2,1-5H3. The number of aryl methyl sites for hydroxylation is 1. The third-order valence-electron chi connectivity index (χ3n) is 2.01. The molecule has 0 radical (unpaired) electrons. The van der Waals surface area contributed by atoms with Crippen molar-refractivity contribution in [3.05, 3.63) is 23.3 Å². The van der Waals surface area contributed by atoms with Crippen LogP contribution in [0.25, 0.3) is 0 Å². The molecule has 0 aliphatic rings. The summed E-state index contributed by atoms with van der Waals surface area (Å²) in [5.74, 6) is 1.83. The molecule has 0 unspecified atom stereocenters. The summed E-state index contributed by atoms with van der Waals surface area (Å²) in [7, 11) is 0. The van der Waals surface area contributed by atoms with E-state index in [0.29, 0.717) is 0 Å². The molecule has 0 atom stereocenters. The first-order valence-electron chi connectivity index (χ1n) is 4.77. The highest BCUT2D eigenvalue weighted by Crippen LogP contribution is 2.23. The normalized spacial score (nSPS) is 11.8. The first-order chi connectivity index (χ1) is 6.45. The topological polar surface area (TPSA) is 25.8 Å². The molecule has 0 N–H and O–H groups in total. The van der Waals surface area contributed by atoms with E-state index < -0.39 is 0 Å². The molecule has 2 nitrogen and oxygen atoms in total. The van der Waals surface area contributed by atoms with Crippen LogP contribution in [0.5, 0.6) is 0 Å². The first-order valence-corrected chi connectivity index (χ1v) is 6.16. The molecule has 14 heavy (non-hydrogen) atoms. The van der Waals surface area contributed by atoms with E-state index in [1.807, 2.05) is 6.20 Å². The second kappa shape index (κ2) is 4.30. The minimum atomic E-state index is 0.111. The SMILES string of the molecule is CSCc1ncc(C)c(C(C)(C)C)n1. The van der Waals surface area contributed by atoms with Crippen LogP contribution < -0.4 is 0 Å². The lowest BCUT2D eigenvalue weighted by Crippen LogP contribution is -2.17.